The Kier molecular flexibility index (Phi) is 5.70. The molecule has 0 bridgehead atoms. The summed E-state index contributed by atoms with van der Waals surface area (Å²) in [6, 6.07) is 7.39. The minimum Gasteiger partial charge on any atom is -0.378 e. The number of non-ortho nitro benzene ring substituents is 1. The highest BCUT2D eigenvalue weighted by atomic mass is 16.6. The van der Waals surface area contributed by atoms with Gasteiger partial charge in [-0.05, 0) is 31.7 Å². The quantitative estimate of drug-likeness (QED) is 0.643. The highest BCUT2D eigenvalue weighted by molar-refractivity contribution is 5.35. The first-order valence-corrected chi connectivity index (χ1v) is 7.72. The van der Waals surface area contributed by atoms with E-state index in [1.807, 2.05) is 6.07 Å². The molecule has 1 fully saturated rings. The molecule has 5 heteroatoms. The molecule has 1 aliphatic heterocycles. The maximum Gasteiger partial charge on any atom is 0.269 e. The summed E-state index contributed by atoms with van der Waals surface area (Å²) in [5.41, 5.74) is 1.11. The van der Waals surface area contributed by atoms with Crippen LogP contribution in [0.3, 0.4) is 0 Å². The lowest BCUT2D eigenvalue weighted by Gasteiger charge is -2.32. The standard InChI is InChI=1S/C16H24N2O3/c1-3-5-16-11-14(8-9-21-16)17-12(2)13-6-4-7-15(10-13)18(19)20/h4,6-7,10,12,14,16-17H,3,5,8-9,11H2,1-2H3. The van der Waals surface area contributed by atoms with Crippen LogP contribution in [0, 0.1) is 10.1 Å². The molecule has 0 spiro atoms. The number of ether oxygens (including phenoxy) is 1. The molecule has 1 saturated heterocycles. The van der Waals surface area contributed by atoms with Gasteiger partial charge < -0.3 is 10.1 Å². The van der Waals surface area contributed by atoms with Crippen molar-refractivity contribution in [1.29, 1.82) is 0 Å². The number of nitro benzene ring substituents is 1. The van der Waals surface area contributed by atoms with Crippen LogP contribution in [0.15, 0.2) is 24.3 Å². The first kappa shape index (κ1) is 15.9. The van der Waals surface area contributed by atoms with E-state index in [-0.39, 0.29) is 16.7 Å². The number of rotatable bonds is 6. The molecule has 3 atom stereocenters. The Morgan fingerprint density at radius 1 is 1.52 bits per heavy atom. The average Bonchev–Trinajstić information content (AvgIpc) is 2.48. The monoisotopic (exact) mass is 292 g/mol. The van der Waals surface area contributed by atoms with Gasteiger partial charge >= 0.3 is 0 Å². The number of nitrogens with zero attached hydrogens (tertiary/aromatic N) is 1. The number of nitrogens with one attached hydrogen (secondary N) is 1. The van der Waals surface area contributed by atoms with Crippen LogP contribution in [-0.2, 0) is 4.74 Å². The molecular formula is C16H24N2O3. The summed E-state index contributed by atoms with van der Waals surface area (Å²) >= 11 is 0. The maximum absolute atomic E-state index is 10.8. The molecular weight excluding hydrogens is 268 g/mol. The fraction of sp³-hybridized carbons (Fsp3) is 0.625. The van der Waals surface area contributed by atoms with E-state index in [0.29, 0.717) is 12.1 Å². The second kappa shape index (κ2) is 7.52. The third-order valence-electron chi connectivity index (χ3n) is 4.04. The van der Waals surface area contributed by atoms with Gasteiger partial charge in [0, 0.05) is 30.8 Å². The van der Waals surface area contributed by atoms with Crippen LogP contribution in [-0.4, -0.2) is 23.7 Å². The Bertz CT molecular complexity index is 476. The van der Waals surface area contributed by atoms with Crippen LogP contribution >= 0.6 is 0 Å². The van der Waals surface area contributed by atoms with Gasteiger partial charge in [-0.3, -0.25) is 10.1 Å². The smallest absolute Gasteiger partial charge is 0.269 e. The zero-order valence-electron chi connectivity index (χ0n) is 12.7. The van der Waals surface area contributed by atoms with Crippen molar-refractivity contribution in [2.24, 2.45) is 0 Å². The molecule has 116 valence electrons. The Morgan fingerprint density at radius 2 is 2.33 bits per heavy atom. The molecule has 2 rings (SSSR count). The van der Waals surface area contributed by atoms with Crippen molar-refractivity contribution < 1.29 is 9.66 Å². The molecule has 0 saturated carbocycles. The lowest BCUT2D eigenvalue weighted by molar-refractivity contribution is -0.384. The second-order valence-corrected chi connectivity index (χ2v) is 5.74. The largest absolute Gasteiger partial charge is 0.378 e. The molecule has 0 radical (unpaired) electrons. The number of hydrogen-bond acceptors (Lipinski definition) is 4. The minimum absolute atomic E-state index is 0.107. The molecule has 3 unspecified atom stereocenters. The van der Waals surface area contributed by atoms with Crippen LogP contribution in [0.25, 0.3) is 0 Å². The molecule has 0 aliphatic carbocycles. The fourth-order valence-corrected chi connectivity index (χ4v) is 2.91. The summed E-state index contributed by atoms with van der Waals surface area (Å²) < 4.78 is 5.76. The molecule has 1 aliphatic rings. The molecule has 1 heterocycles. The van der Waals surface area contributed by atoms with Crippen molar-refractivity contribution in [3.63, 3.8) is 0 Å². The van der Waals surface area contributed by atoms with Gasteiger partial charge in [-0.25, -0.2) is 0 Å². The van der Waals surface area contributed by atoms with Gasteiger partial charge in [0.05, 0.1) is 11.0 Å². The van der Waals surface area contributed by atoms with Crippen LogP contribution in [0.4, 0.5) is 5.69 Å². The Morgan fingerprint density at radius 3 is 3.05 bits per heavy atom. The number of benzene rings is 1. The average molecular weight is 292 g/mol. The van der Waals surface area contributed by atoms with E-state index in [0.717, 1.165) is 37.9 Å². The highest BCUT2D eigenvalue weighted by Gasteiger charge is 2.23. The van der Waals surface area contributed by atoms with E-state index in [1.54, 1.807) is 12.1 Å². The van der Waals surface area contributed by atoms with Gasteiger partial charge in [-0.15, -0.1) is 0 Å². The topological polar surface area (TPSA) is 64.4 Å². The summed E-state index contributed by atoms with van der Waals surface area (Å²) in [6.45, 7) is 5.03. The van der Waals surface area contributed by atoms with E-state index in [2.05, 4.69) is 19.2 Å². The third-order valence-corrected chi connectivity index (χ3v) is 4.04. The summed E-state index contributed by atoms with van der Waals surface area (Å²) in [5, 5.41) is 14.4. The fourth-order valence-electron chi connectivity index (χ4n) is 2.91. The van der Waals surface area contributed by atoms with Crippen LogP contribution in [0.5, 0.6) is 0 Å². The molecule has 1 aromatic rings. The molecule has 1 aromatic carbocycles. The summed E-state index contributed by atoms with van der Waals surface area (Å²) in [5.74, 6) is 0. The maximum atomic E-state index is 10.8. The van der Waals surface area contributed by atoms with Gasteiger partial charge in [0.1, 0.15) is 0 Å². The van der Waals surface area contributed by atoms with E-state index in [9.17, 15) is 10.1 Å². The third kappa shape index (κ3) is 4.51. The van der Waals surface area contributed by atoms with E-state index in [4.69, 9.17) is 4.74 Å². The Balaban J connectivity index is 1.95. The lowest BCUT2D eigenvalue weighted by atomic mass is 9.98. The normalized spacial score (nSPS) is 23.7. The second-order valence-electron chi connectivity index (χ2n) is 5.74. The van der Waals surface area contributed by atoms with Gasteiger partial charge in [-0.1, -0.05) is 25.5 Å². The van der Waals surface area contributed by atoms with Gasteiger partial charge in [0.25, 0.3) is 5.69 Å². The predicted molar refractivity (Wildman–Crippen MR) is 82.3 cm³/mol. The summed E-state index contributed by atoms with van der Waals surface area (Å²) in [7, 11) is 0. The number of nitro groups is 1. The van der Waals surface area contributed by atoms with Crippen molar-refractivity contribution >= 4 is 5.69 Å². The summed E-state index contributed by atoms with van der Waals surface area (Å²) in [6.07, 6.45) is 4.60. The molecule has 0 aromatic heterocycles. The predicted octanol–water partition coefficient (Wildman–Crippen LogP) is 3.59. The van der Waals surface area contributed by atoms with Crippen molar-refractivity contribution in [3.8, 4) is 0 Å². The van der Waals surface area contributed by atoms with Crippen LogP contribution < -0.4 is 5.32 Å². The molecule has 0 amide bonds. The van der Waals surface area contributed by atoms with E-state index in [1.165, 1.54) is 6.07 Å². The van der Waals surface area contributed by atoms with E-state index >= 15 is 0 Å². The minimum atomic E-state index is -0.345. The first-order chi connectivity index (χ1) is 10.1. The van der Waals surface area contributed by atoms with Crippen LogP contribution in [0.1, 0.15) is 51.1 Å². The van der Waals surface area contributed by atoms with Gasteiger partial charge in [-0.2, -0.15) is 0 Å². The zero-order chi connectivity index (χ0) is 15.2. The van der Waals surface area contributed by atoms with Crippen molar-refractivity contribution in [2.45, 2.75) is 57.7 Å². The Labute approximate surface area is 125 Å². The summed E-state index contributed by atoms with van der Waals surface area (Å²) in [4.78, 5) is 10.5. The van der Waals surface area contributed by atoms with Crippen molar-refractivity contribution in [2.75, 3.05) is 6.61 Å². The lowest BCUT2D eigenvalue weighted by Crippen LogP contribution is -2.40. The first-order valence-electron chi connectivity index (χ1n) is 7.72. The zero-order valence-corrected chi connectivity index (χ0v) is 12.7. The van der Waals surface area contributed by atoms with Crippen molar-refractivity contribution in [3.05, 3.63) is 39.9 Å². The highest BCUT2D eigenvalue weighted by Crippen LogP contribution is 2.23. The number of hydrogen-bond donors (Lipinski definition) is 1. The molecule has 21 heavy (non-hydrogen) atoms. The van der Waals surface area contributed by atoms with E-state index < -0.39 is 0 Å². The van der Waals surface area contributed by atoms with Gasteiger partial charge in [0.2, 0.25) is 0 Å². The van der Waals surface area contributed by atoms with Gasteiger partial charge in [0.15, 0.2) is 0 Å². The molecule has 5 nitrogen and oxygen atoms in total. The SMILES string of the molecule is CCCC1CC(NC(C)c2cccc([N+](=O)[O-])c2)CCO1. The molecule has 1 N–H and O–H groups in total. The van der Waals surface area contributed by atoms with Crippen molar-refractivity contribution in [1.82, 2.24) is 5.32 Å². The van der Waals surface area contributed by atoms with Crippen LogP contribution in [0.2, 0.25) is 0 Å². The Hall–Kier alpha value is -1.46.